The third-order valence-electron chi connectivity index (χ3n) is 8.08. The van der Waals surface area contributed by atoms with Gasteiger partial charge in [-0.1, -0.05) is 96.3 Å². The van der Waals surface area contributed by atoms with Crippen molar-refractivity contribution >= 4 is 93.2 Å². The minimum absolute atomic E-state index is 0.146. The largest absolute Gasteiger partial charge is 0.355 e. The van der Waals surface area contributed by atoms with Crippen LogP contribution in [0.2, 0.25) is 0 Å². The molecule has 0 saturated heterocycles. The van der Waals surface area contributed by atoms with E-state index < -0.39 is 0 Å². The van der Waals surface area contributed by atoms with Gasteiger partial charge in [-0.2, -0.15) is 0 Å². The van der Waals surface area contributed by atoms with E-state index in [2.05, 4.69) is 22.8 Å². The van der Waals surface area contributed by atoms with E-state index in [9.17, 15) is 9.59 Å². The molecule has 4 aliphatic rings. The summed E-state index contributed by atoms with van der Waals surface area (Å²) in [5, 5.41) is 11.1. The number of nitrogens with zero attached hydrogens (tertiary/aromatic N) is 4. The third kappa shape index (κ3) is 5.17. The molecule has 2 unspecified atom stereocenters. The van der Waals surface area contributed by atoms with Crippen molar-refractivity contribution in [2.24, 2.45) is 9.98 Å². The van der Waals surface area contributed by atoms with Gasteiger partial charge in [0, 0.05) is 30.7 Å². The molecular formula is C36H24N6O2S4. The van der Waals surface area contributed by atoms with Crippen LogP contribution in [0.3, 0.4) is 0 Å². The first-order valence-electron chi connectivity index (χ1n) is 15.1. The van der Waals surface area contributed by atoms with Crippen LogP contribution < -0.4 is 10.6 Å². The highest BCUT2D eigenvalue weighted by atomic mass is 32.2. The second-order valence-electron chi connectivity index (χ2n) is 11.1. The van der Waals surface area contributed by atoms with Crippen LogP contribution >= 0.6 is 46.2 Å². The normalized spacial score (nSPS) is 21.4. The standard InChI is InChI=1S/C36H24N6O2S4/c43-33-27(17-23-13-7-15-45-23)37-31(21-9-3-1-4-10-21)41(33)35-39-25-19-30-26(20-29(25)47-35)40-36(48-30)42-32(22-11-5-2-6-12-22)38-28(34(42)44)18-24-14-8-16-46-24/h1-20,35-36,39-40H. The predicted octanol–water partition coefficient (Wildman–Crippen LogP) is 8.07. The Labute approximate surface area is 292 Å². The summed E-state index contributed by atoms with van der Waals surface area (Å²) in [6, 6.07) is 31.7. The van der Waals surface area contributed by atoms with E-state index in [4.69, 9.17) is 9.98 Å². The van der Waals surface area contributed by atoms with E-state index in [1.165, 1.54) is 0 Å². The van der Waals surface area contributed by atoms with Gasteiger partial charge in [-0.05, 0) is 47.2 Å². The lowest BCUT2D eigenvalue weighted by Crippen LogP contribution is -2.42. The summed E-state index contributed by atoms with van der Waals surface area (Å²) in [6.45, 7) is 0. The van der Waals surface area contributed by atoms with E-state index in [1.54, 1.807) is 56.0 Å². The first-order valence-corrected chi connectivity index (χ1v) is 18.6. The maximum Gasteiger partial charge on any atom is 0.280 e. The topological polar surface area (TPSA) is 89.4 Å². The number of carbonyl (C=O) groups is 2. The lowest BCUT2D eigenvalue weighted by molar-refractivity contribution is -0.123. The Bertz CT molecular complexity index is 2010. The number of benzene rings is 3. The number of aliphatic imine (C=N–C) groups is 2. The molecule has 234 valence electrons. The van der Waals surface area contributed by atoms with Gasteiger partial charge in [-0.15, -0.1) is 22.7 Å². The molecule has 0 saturated carbocycles. The SMILES string of the molecule is O=C1C(=Cc2cccs2)N=C(c2ccccc2)N1C1Nc2cc3c(cc2S1)NC(N1C(=O)C(=Cc2cccs2)N=C1c1ccccc1)S3. The zero-order valence-electron chi connectivity index (χ0n) is 24.9. The number of nitrogens with one attached hydrogen (secondary N) is 2. The summed E-state index contributed by atoms with van der Waals surface area (Å²) >= 11 is 6.29. The molecule has 9 rings (SSSR count). The van der Waals surface area contributed by atoms with Gasteiger partial charge in [0.25, 0.3) is 11.8 Å². The Morgan fingerprint density at radius 1 is 0.583 bits per heavy atom. The Kier molecular flexibility index (Phi) is 7.30. The molecule has 6 heterocycles. The molecule has 12 heteroatoms. The van der Waals surface area contributed by atoms with Gasteiger partial charge in [-0.3, -0.25) is 19.4 Å². The maximum absolute atomic E-state index is 13.9. The number of anilines is 2. The Balaban J connectivity index is 0.989. The molecule has 2 atom stereocenters. The fourth-order valence-electron chi connectivity index (χ4n) is 5.87. The van der Waals surface area contributed by atoms with Gasteiger partial charge in [0.05, 0.1) is 11.4 Å². The second kappa shape index (κ2) is 12.0. The number of carbonyl (C=O) groups excluding carboxylic acids is 2. The molecule has 0 bridgehead atoms. The molecular weight excluding hydrogens is 677 g/mol. The van der Waals surface area contributed by atoms with Gasteiger partial charge in [0.2, 0.25) is 0 Å². The molecule has 48 heavy (non-hydrogen) atoms. The lowest BCUT2D eigenvalue weighted by atomic mass is 10.2. The van der Waals surface area contributed by atoms with Gasteiger partial charge >= 0.3 is 0 Å². The summed E-state index contributed by atoms with van der Waals surface area (Å²) in [5.74, 6) is 0.944. The molecule has 0 spiro atoms. The van der Waals surface area contributed by atoms with Crippen LogP contribution in [0, 0.1) is 0 Å². The number of amides is 2. The summed E-state index contributed by atoms with van der Waals surface area (Å²) in [4.78, 5) is 44.9. The summed E-state index contributed by atoms with van der Waals surface area (Å²) in [7, 11) is 0. The molecule has 0 radical (unpaired) electrons. The van der Waals surface area contributed by atoms with Crippen molar-refractivity contribution in [2.45, 2.75) is 20.8 Å². The number of rotatable bonds is 6. The van der Waals surface area contributed by atoms with Crippen molar-refractivity contribution in [3.8, 4) is 0 Å². The van der Waals surface area contributed by atoms with Crippen molar-refractivity contribution in [1.29, 1.82) is 0 Å². The van der Waals surface area contributed by atoms with Crippen molar-refractivity contribution in [3.63, 3.8) is 0 Å². The minimum Gasteiger partial charge on any atom is -0.355 e. The number of thiophene rings is 2. The van der Waals surface area contributed by atoms with Gasteiger partial charge in [0.1, 0.15) is 23.1 Å². The Morgan fingerprint density at radius 2 is 1.02 bits per heavy atom. The van der Waals surface area contributed by atoms with E-state index in [0.717, 1.165) is 42.0 Å². The molecule has 0 fully saturated rings. The number of fused-ring (bicyclic) bond motifs is 2. The fraction of sp³-hybridized carbons (Fsp3) is 0.0556. The van der Waals surface area contributed by atoms with Crippen molar-refractivity contribution < 1.29 is 9.59 Å². The molecule has 0 aliphatic carbocycles. The molecule has 2 aromatic heterocycles. The van der Waals surface area contributed by atoms with E-state index in [1.807, 2.05) is 108 Å². The van der Waals surface area contributed by atoms with E-state index in [0.29, 0.717) is 23.1 Å². The highest BCUT2D eigenvalue weighted by Gasteiger charge is 2.43. The number of amidine groups is 2. The maximum atomic E-state index is 13.9. The molecule has 2 amide bonds. The summed E-state index contributed by atoms with van der Waals surface area (Å²) in [5.41, 5.74) is 3.67. The minimum atomic E-state index is -0.383. The van der Waals surface area contributed by atoms with Gasteiger partial charge < -0.3 is 10.6 Å². The second-order valence-corrected chi connectivity index (χ2v) is 15.3. The van der Waals surface area contributed by atoms with E-state index >= 15 is 0 Å². The quantitative estimate of drug-likeness (QED) is 0.174. The van der Waals surface area contributed by atoms with Crippen LogP contribution in [0.5, 0.6) is 0 Å². The van der Waals surface area contributed by atoms with Crippen molar-refractivity contribution in [3.05, 3.63) is 140 Å². The first-order chi connectivity index (χ1) is 23.6. The average molecular weight is 701 g/mol. The summed E-state index contributed by atoms with van der Waals surface area (Å²) in [6.07, 6.45) is 3.71. The lowest BCUT2D eigenvalue weighted by Gasteiger charge is -2.25. The summed E-state index contributed by atoms with van der Waals surface area (Å²) < 4.78 is 0. The predicted molar refractivity (Wildman–Crippen MR) is 197 cm³/mol. The van der Waals surface area contributed by atoms with Crippen molar-refractivity contribution in [2.75, 3.05) is 10.6 Å². The number of hydrogen-bond donors (Lipinski definition) is 2. The first kappa shape index (κ1) is 29.3. The average Bonchev–Trinajstić information content (AvgIpc) is 3.96. The Hall–Kier alpha value is -4.88. The highest BCUT2D eigenvalue weighted by Crippen LogP contribution is 2.50. The monoisotopic (exact) mass is 700 g/mol. The molecule has 3 aromatic carbocycles. The van der Waals surface area contributed by atoms with Crippen LogP contribution in [0.4, 0.5) is 11.4 Å². The molecule has 8 nitrogen and oxygen atoms in total. The fourth-order valence-corrected chi connectivity index (χ4v) is 9.49. The van der Waals surface area contributed by atoms with Crippen LogP contribution in [-0.4, -0.2) is 44.3 Å². The number of hydrogen-bond acceptors (Lipinski definition) is 10. The molecule has 5 aromatic rings. The van der Waals surface area contributed by atoms with Gasteiger partial charge in [0.15, 0.2) is 11.0 Å². The smallest absolute Gasteiger partial charge is 0.280 e. The van der Waals surface area contributed by atoms with E-state index in [-0.39, 0.29) is 22.8 Å². The van der Waals surface area contributed by atoms with Crippen LogP contribution in [0.1, 0.15) is 20.9 Å². The molecule has 2 N–H and O–H groups in total. The van der Waals surface area contributed by atoms with Crippen LogP contribution in [0.15, 0.2) is 139 Å². The van der Waals surface area contributed by atoms with Gasteiger partial charge in [-0.25, -0.2) is 9.98 Å². The molecule has 4 aliphatic heterocycles. The van der Waals surface area contributed by atoms with Crippen molar-refractivity contribution in [1.82, 2.24) is 9.80 Å². The Morgan fingerprint density at radius 3 is 1.42 bits per heavy atom. The third-order valence-corrected chi connectivity index (χ3v) is 12.0. The van der Waals surface area contributed by atoms with Crippen LogP contribution in [-0.2, 0) is 9.59 Å². The zero-order valence-corrected chi connectivity index (χ0v) is 28.2. The highest BCUT2D eigenvalue weighted by molar-refractivity contribution is 8.01. The zero-order chi connectivity index (χ0) is 32.2. The van der Waals surface area contributed by atoms with Crippen LogP contribution in [0.25, 0.3) is 12.2 Å². The number of thioether (sulfide) groups is 2.